The Kier molecular flexibility index (Phi) is 6.44. The van der Waals surface area contributed by atoms with Crippen LogP contribution < -0.4 is 10.9 Å². The van der Waals surface area contributed by atoms with Gasteiger partial charge in [-0.15, -0.1) is 0 Å². The smallest absolute Gasteiger partial charge is 0.264 e. The third-order valence-corrected chi connectivity index (χ3v) is 3.58. The van der Waals surface area contributed by atoms with Gasteiger partial charge in [0.25, 0.3) is 5.56 Å². The fraction of sp³-hybridized carbons (Fsp3) is 0.583. The van der Waals surface area contributed by atoms with E-state index in [1.807, 2.05) is 6.20 Å². The van der Waals surface area contributed by atoms with Crippen LogP contribution in [0.1, 0.15) is 26.7 Å². The van der Waals surface area contributed by atoms with Crippen molar-refractivity contribution in [3.8, 4) is 0 Å². The van der Waals surface area contributed by atoms with Crippen LogP contribution in [0, 0.1) is 0 Å². The lowest BCUT2D eigenvalue weighted by molar-refractivity contribution is 0.482. The van der Waals surface area contributed by atoms with E-state index in [2.05, 4.69) is 51.0 Å². The van der Waals surface area contributed by atoms with Crippen LogP contribution in [-0.4, -0.2) is 17.2 Å². The summed E-state index contributed by atoms with van der Waals surface area (Å²) < 4.78 is 3.21. The quantitative estimate of drug-likeness (QED) is 0.840. The molecule has 0 aromatic carbocycles. The molecule has 1 unspecified atom stereocenters. The van der Waals surface area contributed by atoms with E-state index in [9.17, 15) is 4.79 Å². The van der Waals surface area contributed by atoms with Crippen LogP contribution in [0.3, 0.4) is 0 Å². The number of hydrogen-bond donors (Lipinski definition) is 1. The Morgan fingerprint density at radius 2 is 2.18 bits per heavy atom. The maximum Gasteiger partial charge on any atom is 0.264 e. The average Bonchev–Trinajstić information content (AvgIpc) is 2.25. The molecule has 17 heavy (non-hydrogen) atoms. The molecule has 0 spiro atoms. The van der Waals surface area contributed by atoms with Gasteiger partial charge in [0.2, 0.25) is 0 Å². The van der Waals surface area contributed by atoms with Gasteiger partial charge in [0, 0.05) is 29.8 Å². The Bertz CT molecular complexity index is 417. The second kappa shape index (κ2) is 7.34. The molecule has 0 saturated heterocycles. The summed E-state index contributed by atoms with van der Waals surface area (Å²) in [4.78, 5) is 11.8. The topological polar surface area (TPSA) is 34.0 Å². The fourth-order valence-corrected chi connectivity index (χ4v) is 2.95. The fourth-order valence-electron chi connectivity index (χ4n) is 1.70. The Morgan fingerprint density at radius 1 is 1.47 bits per heavy atom. The molecule has 1 atom stereocenters. The number of halogens is 2. The van der Waals surface area contributed by atoms with E-state index in [4.69, 9.17) is 0 Å². The standard InChI is InChI=1S/C12H18Br2N2O/c1-3-4-9(2)15-5-6-16-8-10(13)7-11(14)12(16)17/h7-9,15H,3-6H2,1-2H3. The van der Waals surface area contributed by atoms with Crippen molar-refractivity contribution >= 4 is 31.9 Å². The van der Waals surface area contributed by atoms with Gasteiger partial charge < -0.3 is 9.88 Å². The second-order valence-corrected chi connectivity index (χ2v) is 5.92. The highest BCUT2D eigenvalue weighted by Crippen LogP contribution is 2.12. The van der Waals surface area contributed by atoms with Crippen LogP contribution in [-0.2, 0) is 6.54 Å². The van der Waals surface area contributed by atoms with Crippen LogP contribution in [0.25, 0.3) is 0 Å². The van der Waals surface area contributed by atoms with Crippen molar-refractivity contribution in [2.75, 3.05) is 6.54 Å². The maximum atomic E-state index is 11.8. The van der Waals surface area contributed by atoms with Crippen LogP contribution in [0.15, 0.2) is 26.0 Å². The first-order valence-corrected chi connectivity index (χ1v) is 7.42. The van der Waals surface area contributed by atoms with Crippen LogP contribution in [0.4, 0.5) is 0 Å². The number of nitrogens with zero attached hydrogens (tertiary/aromatic N) is 1. The van der Waals surface area contributed by atoms with Crippen molar-refractivity contribution < 1.29 is 0 Å². The van der Waals surface area contributed by atoms with Crippen molar-refractivity contribution in [3.05, 3.63) is 31.6 Å². The van der Waals surface area contributed by atoms with Crippen molar-refractivity contribution in [3.63, 3.8) is 0 Å². The molecule has 0 saturated carbocycles. The normalized spacial score (nSPS) is 12.7. The average molecular weight is 366 g/mol. The molecule has 0 aliphatic carbocycles. The summed E-state index contributed by atoms with van der Waals surface area (Å²) in [5, 5.41) is 3.41. The minimum absolute atomic E-state index is 0.0122. The first-order valence-electron chi connectivity index (χ1n) is 5.83. The van der Waals surface area contributed by atoms with Gasteiger partial charge in [-0.2, -0.15) is 0 Å². The van der Waals surface area contributed by atoms with Gasteiger partial charge in [0.15, 0.2) is 0 Å². The Morgan fingerprint density at radius 3 is 2.82 bits per heavy atom. The van der Waals surface area contributed by atoms with E-state index in [1.54, 1.807) is 10.6 Å². The summed E-state index contributed by atoms with van der Waals surface area (Å²) in [6.07, 6.45) is 4.16. The van der Waals surface area contributed by atoms with Crippen LogP contribution >= 0.6 is 31.9 Å². The van der Waals surface area contributed by atoms with E-state index in [-0.39, 0.29) is 5.56 Å². The van der Waals surface area contributed by atoms with E-state index in [0.717, 1.165) is 17.4 Å². The number of nitrogens with one attached hydrogen (secondary N) is 1. The molecular weight excluding hydrogens is 348 g/mol. The molecule has 0 bridgehead atoms. The Balaban J connectivity index is 2.55. The van der Waals surface area contributed by atoms with Gasteiger partial charge in [0.1, 0.15) is 0 Å². The maximum absolute atomic E-state index is 11.8. The highest BCUT2D eigenvalue weighted by Gasteiger charge is 2.04. The molecule has 1 aromatic heterocycles. The predicted molar refractivity (Wildman–Crippen MR) is 78.5 cm³/mol. The van der Waals surface area contributed by atoms with Gasteiger partial charge in [-0.05, 0) is 51.3 Å². The molecule has 1 rings (SSSR count). The molecule has 5 heteroatoms. The molecule has 0 fully saturated rings. The van der Waals surface area contributed by atoms with Crippen molar-refractivity contribution in [1.82, 2.24) is 9.88 Å². The SMILES string of the molecule is CCCC(C)NCCn1cc(Br)cc(Br)c1=O. The van der Waals surface area contributed by atoms with Crippen molar-refractivity contribution in [2.24, 2.45) is 0 Å². The van der Waals surface area contributed by atoms with Crippen molar-refractivity contribution in [2.45, 2.75) is 39.3 Å². The Hall–Kier alpha value is -0.130. The van der Waals surface area contributed by atoms with Gasteiger partial charge >= 0.3 is 0 Å². The lowest BCUT2D eigenvalue weighted by Gasteiger charge is -2.13. The third-order valence-electron chi connectivity index (χ3n) is 2.58. The van der Waals surface area contributed by atoms with E-state index >= 15 is 0 Å². The lowest BCUT2D eigenvalue weighted by Crippen LogP contribution is -2.32. The van der Waals surface area contributed by atoms with Gasteiger partial charge in [-0.3, -0.25) is 4.79 Å². The zero-order valence-corrected chi connectivity index (χ0v) is 13.3. The molecule has 0 amide bonds. The number of pyridine rings is 1. The summed E-state index contributed by atoms with van der Waals surface area (Å²) in [5.41, 5.74) is 0.0122. The summed E-state index contributed by atoms with van der Waals surface area (Å²) in [7, 11) is 0. The first-order chi connectivity index (χ1) is 8.04. The van der Waals surface area contributed by atoms with Gasteiger partial charge in [0.05, 0.1) is 4.47 Å². The minimum Gasteiger partial charge on any atom is -0.312 e. The molecule has 0 radical (unpaired) electrons. The lowest BCUT2D eigenvalue weighted by atomic mass is 10.2. The molecular formula is C12H18Br2N2O. The number of rotatable bonds is 6. The molecule has 1 heterocycles. The van der Waals surface area contributed by atoms with E-state index in [1.165, 1.54) is 6.42 Å². The molecule has 1 aromatic rings. The predicted octanol–water partition coefficient (Wildman–Crippen LogP) is 3.15. The Labute approximate surface area is 119 Å². The minimum atomic E-state index is 0.0122. The zero-order chi connectivity index (χ0) is 12.8. The highest BCUT2D eigenvalue weighted by molar-refractivity contribution is 9.11. The summed E-state index contributed by atoms with van der Waals surface area (Å²) >= 11 is 6.64. The summed E-state index contributed by atoms with van der Waals surface area (Å²) in [5.74, 6) is 0. The zero-order valence-electron chi connectivity index (χ0n) is 10.2. The monoisotopic (exact) mass is 364 g/mol. The van der Waals surface area contributed by atoms with E-state index in [0.29, 0.717) is 17.1 Å². The summed E-state index contributed by atoms with van der Waals surface area (Å²) in [6.45, 7) is 5.84. The molecule has 1 N–H and O–H groups in total. The second-order valence-electron chi connectivity index (χ2n) is 4.15. The van der Waals surface area contributed by atoms with Crippen molar-refractivity contribution in [1.29, 1.82) is 0 Å². The largest absolute Gasteiger partial charge is 0.312 e. The number of hydrogen-bond acceptors (Lipinski definition) is 2. The van der Waals surface area contributed by atoms with E-state index < -0.39 is 0 Å². The van der Waals surface area contributed by atoms with Gasteiger partial charge in [-0.25, -0.2) is 0 Å². The molecule has 3 nitrogen and oxygen atoms in total. The van der Waals surface area contributed by atoms with Crippen LogP contribution in [0.5, 0.6) is 0 Å². The molecule has 0 aliphatic heterocycles. The third kappa shape index (κ3) is 4.94. The highest BCUT2D eigenvalue weighted by atomic mass is 79.9. The number of aromatic nitrogens is 1. The molecule has 0 aliphatic rings. The van der Waals surface area contributed by atoms with Gasteiger partial charge in [-0.1, -0.05) is 13.3 Å². The van der Waals surface area contributed by atoms with Crippen LogP contribution in [0.2, 0.25) is 0 Å². The molecule has 96 valence electrons. The first kappa shape index (κ1) is 14.9. The summed E-state index contributed by atoms with van der Waals surface area (Å²) in [6, 6.07) is 2.28.